The number of pyridine rings is 1. The van der Waals surface area contributed by atoms with Crippen LogP contribution in [-0.2, 0) is 0 Å². The monoisotopic (exact) mass is 577 g/mol. The Morgan fingerprint density at radius 1 is 1.20 bits per heavy atom. The first-order valence-corrected chi connectivity index (χ1v) is 13.9. The zero-order chi connectivity index (χ0) is 28.6. The number of nitrogens with one attached hydrogen (secondary N) is 1. The van der Waals surface area contributed by atoms with Crippen molar-refractivity contribution in [2.45, 2.75) is 70.6 Å². The van der Waals surface area contributed by atoms with Gasteiger partial charge in [-0.25, -0.2) is 9.37 Å². The van der Waals surface area contributed by atoms with Crippen LogP contribution < -0.4 is 4.74 Å². The summed E-state index contributed by atoms with van der Waals surface area (Å²) in [6, 6.07) is 3.96. The van der Waals surface area contributed by atoms with Crippen LogP contribution in [0.25, 0.3) is 16.6 Å². The van der Waals surface area contributed by atoms with Gasteiger partial charge in [-0.15, -0.1) is 0 Å². The predicted octanol–water partition coefficient (Wildman–Crippen LogP) is 7.86. The van der Waals surface area contributed by atoms with Crippen molar-refractivity contribution in [2.24, 2.45) is 16.8 Å². The number of allylic oxidation sites excluding steroid dienone is 1. The molecule has 1 aliphatic heterocycles. The second-order valence-electron chi connectivity index (χ2n) is 10.9. The number of halogens is 5. The zero-order valence-electron chi connectivity index (χ0n) is 22.3. The SMILES string of the molecule is CC1=C(c2cnc3[nH]cc(C(CF)c4c(OC(F)F)ccc(F)c4Cl)c3c2)C=NC(C(C)C2CCC(O)CC2)C1. The summed E-state index contributed by atoms with van der Waals surface area (Å²) in [6.07, 6.45) is 9.43. The molecule has 1 saturated carbocycles. The summed E-state index contributed by atoms with van der Waals surface area (Å²) < 4.78 is 59.7. The third kappa shape index (κ3) is 5.63. The third-order valence-corrected chi connectivity index (χ3v) is 8.91. The predicted molar refractivity (Wildman–Crippen MR) is 149 cm³/mol. The average Bonchev–Trinajstić information content (AvgIpc) is 3.35. The Morgan fingerprint density at radius 2 is 1.95 bits per heavy atom. The van der Waals surface area contributed by atoms with Gasteiger partial charge in [-0.3, -0.25) is 9.38 Å². The molecule has 3 aromatic rings. The zero-order valence-corrected chi connectivity index (χ0v) is 23.1. The minimum atomic E-state index is -3.19. The molecule has 0 amide bonds. The van der Waals surface area contributed by atoms with Crippen LogP contribution in [0.3, 0.4) is 0 Å². The summed E-state index contributed by atoms with van der Waals surface area (Å²) in [4.78, 5) is 12.4. The molecule has 1 aromatic carbocycles. The third-order valence-electron chi connectivity index (χ3n) is 8.52. The van der Waals surface area contributed by atoms with Crippen LogP contribution in [0.5, 0.6) is 5.75 Å². The Balaban J connectivity index is 1.46. The van der Waals surface area contributed by atoms with Crippen LogP contribution in [0.1, 0.15) is 68.6 Å². The Labute approximate surface area is 235 Å². The van der Waals surface area contributed by atoms with Crippen molar-refractivity contribution in [1.82, 2.24) is 9.97 Å². The molecule has 10 heteroatoms. The lowest BCUT2D eigenvalue weighted by atomic mass is 9.75. The molecule has 0 bridgehead atoms. The number of hydrogen-bond donors (Lipinski definition) is 2. The van der Waals surface area contributed by atoms with E-state index in [1.807, 2.05) is 12.3 Å². The van der Waals surface area contributed by atoms with E-state index in [0.29, 0.717) is 28.4 Å². The van der Waals surface area contributed by atoms with Crippen LogP contribution >= 0.6 is 11.6 Å². The van der Waals surface area contributed by atoms with E-state index in [9.17, 15) is 22.7 Å². The second-order valence-corrected chi connectivity index (χ2v) is 11.3. The standard InChI is InChI=1S/C30H32ClF4N3O2/c1-15-9-25(16(2)17-3-5-19(39)6-4-17)36-13-22(15)18-10-20-23(14-38-29(20)37-12-18)21(11-32)27-26(40-30(34)35)8-7-24(33)28(27)31/h7-8,10,12-14,16-17,19,21,25,30,39H,3-6,9,11H2,1-2H3,(H,37,38). The number of aliphatic imine (C=N–C) groups is 1. The molecule has 3 heterocycles. The molecule has 3 unspecified atom stereocenters. The second kappa shape index (κ2) is 11.9. The highest BCUT2D eigenvalue weighted by Crippen LogP contribution is 2.42. The van der Waals surface area contributed by atoms with E-state index < -0.39 is 30.0 Å². The molecule has 1 fully saturated rings. The average molecular weight is 578 g/mol. The van der Waals surface area contributed by atoms with Crippen molar-refractivity contribution < 1.29 is 27.4 Å². The Morgan fingerprint density at radius 3 is 2.62 bits per heavy atom. The molecular weight excluding hydrogens is 546 g/mol. The number of aromatic amines is 1. The van der Waals surface area contributed by atoms with Crippen molar-refractivity contribution in [3.8, 4) is 5.75 Å². The van der Waals surface area contributed by atoms with Gasteiger partial charge in [0.2, 0.25) is 0 Å². The van der Waals surface area contributed by atoms with Gasteiger partial charge in [-0.1, -0.05) is 24.1 Å². The summed E-state index contributed by atoms with van der Waals surface area (Å²) in [5.74, 6) is -1.48. The molecule has 0 saturated heterocycles. The first-order valence-electron chi connectivity index (χ1n) is 13.5. The smallest absolute Gasteiger partial charge is 0.387 e. The maximum Gasteiger partial charge on any atom is 0.387 e. The van der Waals surface area contributed by atoms with E-state index in [2.05, 4.69) is 28.6 Å². The van der Waals surface area contributed by atoms with Crippen LogP contribution in [0, 0.1) is 17.7 Å². The first kappa shape index (κ1) is 28.6. The normalized spacial score (nSPS) is 23.2. The number of fused-ring (bicyclic) bond motifs is 1. The fraction of sp³-hybridized carbons (Fsp3) is 0.467. The highest BCUT2D eigenvalue weighted by atomic mass is 35.5. The number of aliphatic hydroxyl groups excluding tert-OH is 1. The number of aromatic nitrogens is 2. The van der Waals surface area contributed by atoms with Crippen LogP contribution in [0.15, 0.2) is 41.2 Å². The molecule has 214 valence electrons. The summed E-state index contributed by atoms with van der Waals surface area (Å²) in [6.45, 7) is 0.0930. The summed E-state index contributed by atoms with van der Waals surface area (Å²) in [7, 11) is 0. The lowest BCUT2D eigenvalue weighted by Crippen LogP contribution is -2.30. The van der Waals surface area contributed by atoms with Crippen LogP contribution in [-0.4, -0.2) is 46.7 Å². The number of alkyl halides is 3. The molecule has 2 aromatic heterocycles. The van der Waals surface area contributed by atoms with Gasteiger partial charge in [-0.05, 0) is 74.6 Å². The number of rotatable bonds is 8. The van der Waals surface area contributed by atoms with Gasteiger partial charge < -0.3 is 14.8 Å². The number of nitrogens with zero attached hydrogens (tertiary/aromatic N) is 2. The minimum absolute atomic E-state index is 0.155. The molecule has 5 nitrogen and oxygen atoms in total. The molecule has 5 rings (SSSR count). The molecular formula is C30H32ClF4N3O2. The largest absolute Gasteiger partial charge is 0.434 e. The molecule has 2 N–H and O–H groups in total. The molecule has 0 spiro atoms. The first-order chi connectivity index (χ1) is 19.2. The highest BCUT2D eigenvalue weighted by Gasteiger charge is 2.31. The lowest BCUT2D eigenvalue weighted by Gasteiger charge is -2.34. The van der Waals surface area contributed by atoms with Gasteiger partial charge >= 0.3 is 6.61 Å². The number of aliphatic hydroxyl groups is 1. The van der Waals surface area contributed by atoms with E-state index in [0.717, 1.165) is 60.9 Å². The Kier molecular flexibility index (Phi) is 8.52. The molecule has 40 heavy (non-hydrogen) atoms. The number of H-pyrrole nitrogens is 1. The summed E-state index contributed by atoms with van der Waals surface area (Å²) in [5.41, 5.74) is 3.55. The van der Waals surface area contributed by atoms with E-state index in [-0.39, 0.29) is 23.5 Å². The fourth-order valence-electron chi connectivity index (χ4n) is 6.19. The van der Waals surface area contributed by atoms with Crippen LogP contribution in [0.4, 0.5) is 17.6 Å². The topological polar surface area (TPSA) is 70.5 Å². The van der Waals surface area contributed by atoms with Crippen LogP contribution in [0.2, 0.25) is 5.02 Å². The molecule has 1 aliphatic carbocycles. The van der Waals surface area contributed by atoms with Crippen molar-refractivity contribution >= 4 is 34.4 Å². The van der Waals surface area contributed by atoms with E-state index >= 15 is 0 Å². The van der Waals surface area contributed by atoms with E-state index in [1.165, 1.54) is 6.20 Å². The Hall–Kier alpha value is -2.91. The molecule has 2 aliphatic rings. The van der Waals surface area contributed by atoms with Crippen molar-refractivity contribution in [3.05, 3.63) is 63.7 Å². The lowest BCUT2D eigenvalue weighted by molar-refractivity contribution is -0.0506. The molecule has 0 radical (unpaired) electrons. The van der Waals surface area contributed by atoms with Gasteiger partial charge in [0.25, 0.3) is 0 Å². The number of ether oxygens (including phenoxy) is 1. The number of hydrogen-bond acceptors (Lipinski definition) is 4. The van der Waals surface area contributed by atoms with Gasteiger partial charge in [-0.2, -0.15) is 8.78 Å². The minimum Gasteiger partial charge on any atom is -0.434 e. The number of dihydropyridines is 1. The number of benzene rings is 1. The maximum atomic E-state index is 14.6. The van der Waals surface area contributed by atoms with E-state index in [1.54, 1.807) is 6.20 Å². The van der Waals surface area contributed by atoms with Gasteiger partial charge in [0, 0.05) is 46.6 Å². The van der Waals surface area contributed by atoms with Gasteiger partial charge in [0.15, 0.2) is 0 Å². The quantitative estimate of drug-likeness (QED) is 0.268. The van der Waals surface area contributed by atoms with Gasteiger partial charge in [0.05, 0.1) is 17.2 Å². The fourth-order valence-corrected chi connectivity index (χ4v) is 6.48. The van der Waals surface area contributed by atoms with E-state index in [4.69, 9.17) is 16.6 Å². The highest BCUT2D eigenvalue weighted by molar-refractivity contribution is 6.31. The van der Waals surface area contributed by atoms with Crippen molar-refractivity contribution in [2.75, 3.05) is 6.67 Å². The molecule has 3 atom stereocenters. The summed E-state index contributed by atoms with van der Waals surface area (Å²) in [5, 5.41) is 9.96. The Bertz CT molecular complexity index is 1430. The van der Waals surface area contributed by atoms with Gasteiger partial charge in [0.1, 0.15) is 23.9 Å². The summed E-state index contributed by atoms with van der Waals surface area (Å²) >= 11 is 6.17. The van der Waals surface area contributed by atoms with Crippen molar-refractivity contribution in [1.29, 1.82) is 0 Å². The maximum absolute atomic E-state index is 14.6. The van der Waals surface area contributed by atoms with Crippen molar-refractivity contribution in [3.63, 3.8) is 0 Å².